The minimum Gasteiger partial charge on any atom is -0.493 e. The Morgan fingerprint density at radius 2 is 1.09 bits per heavy atom. The molecule has 0 aliphatic heterocycles. The number of nitrogens with zero attached hydrogens (tertiary/aromatic N) is 4. The maximum atomic E-state index is 14.4. The van der Waals surface area contributed by atoms with Crippen molar-refractivity contribution in [1.29, 1.82) is 0 Å². The van der Waals surface area contributed by atoms with E-state index in [0.29, 0.717) is 29.2 Å². The van der Waals surface area contributed by atoms with Crippen LogP contribution in [0.25, 0.3) is 11.4 Å². The van der Waals surface area contributed by atoms with E-state index in [9.17, 15) is 9.59 Å². The highest BCUT2D eigenvalue weighted by molar-refractivity contribution is 5.52. The highest BCUT2D eigenvalue weighted by Gasteiger charge is 2.33. The lowest BCUT2D eigenvalue weighted by atomic mass is 9.85. The van der Waals surface area contributed by atoms with Gasteiger partial charge in [-0.25, -0.2) is 9.36 Å². The Balaban J connectivity index is 1.57. The lowest BCUT2D eigenvalue weighted by Crippen LogP contribution is -2.26. The number of aromatic nitrogens is 4. The summed E-state index contributed by atoms with van der Waals surface area (Å²) in [6, 6.07) is 34.6. The van der Waals surface area contributed by atoms with Gasteiger partial charge in [0, 0.05) is 31.4 Å². The van der Waals surface area contributed by atoms with Gasteiger partial charge in [0.2, 0.25) is 0 Å². The van der Waals surface area contributed by atoms with Crippen LogP contribution >= 0.6 is 0 Å². The summed E-state index contributed by atoms with van der Waals surface area (Å²) in [5.74, 6) is 0.401. The topological polar surface area (TPSA) is 72.3 Å². The SMILES string of the molecule is COc1cc(C(c2c(C)n(C)n(-c3ccccc3)c2=O)c2c(C)n(C)n(-c3ccccc3)c2=O)ccc1OCc1ccccc1. The number of ether oxygens (including phenoxy) is 2. The predicted molar refractivity (Wildman–Crippen MR) is 176 cm³/mol. The molecule has 8 nitrogen and oxygen atoms in total. The lowest BCUT2D eigenvalue weighted by molar-refractivity contribution is 0.284. The Bertz CT molecular complexity index is 1970. The van der Waals surface area contributed by atoms with Crippen LogP contribution in [-0.4, -0.2) is 25.8 Å². The fraction of sp³-hybridized carbons (Fsp3) is 0.189. The fourth-order valence-corrected chi connectivity index (χ4v) is 6.04. The monoisotopic (exact) mass is 600 g/mol. The third kappa shape index (κ3) is 5.29. The molecule has 2 heterocycles. The van der Waals surface area contributed by atoms with Crippen molar-refractivity contribution < 1.29 is 9.47 Å². The van der Waals surface area contributed by atoms with E-state index in [1.165, 1.54) is 0 Å². The van der Waals surface area contributed by atoms with Crippen LogP contribution in [0.15, 0.2) is 119 Å². The number of rotatable bonds is 9. The minimum atomic E-state index is -0.686. The minimum absolute atomic E-state index is 0.191. The van der Waals surface area contributed by atoms with Crippen LogP contribution < -0.4 is 20.6 Å². The van der Waals surface area contributed by atoms with Gasteiger partial charge in [0.1, 0.15) is 6.61 Å². The molecular formula is C37H36N4O4. The zero-order valence-electron chi connectivity index (χ0n) is 26.1. The second kappa shape index (κ2) is 12.2. The molecule has 0 saturated heterocycles. The van der Waals surface area contributed by atoms with Gasteiger partial charge in [-0.15, -0.1) is 0 Å². The first-order valence-electron chi connectivity index (χ1n) is 14.8. The summed E-state index contributed by atoms with van der Waals surface area (Å²) in [5.41, 5.74) is 5.43. The average molecular weight is 601 g/mol. The van der Waals surface area contributed by atoms with Gasteiger partial charge < -0.3 is 9.47 Å². The van der Waals surface area contributed by atoms with Crippen molar-refractivity contribution in [1.82, 2.24) is 18.7 Å². The van der Waals surface area contributed by atoms with Gasteiger partial charge in [-0.1, -0.05) is 72.8 Å². The molecule has 0 unspecified atom stereocenters. The summed E-state index contributed by atoms with van der Waals surface area (Å²) in [6.07, 6.45) is 0. The molecule has 8 heteroatoms. The third-order valence-corrected chi connectivity index (χ3v) is 8.53. The standard InChI is InChI=1S/C37H36N4O4/c1-25-33(36(42)40(38(25)3)29-17-11-7-12-18-29)35(34-26(2)39(4)41(37(34)43)30-19-13-8-14-20-30)28-21-22-31(32(23-28)44-5)45-24-27-15-9-6-10-16-27/h6-23,35H,24H2,1-5H3. The van der Waals surface area contributed by atoms with Crippen LogP contribution in [0.2, 0.25) is 0 Å². The van der Waals surface area contributed by atoms with E-state index >= 15 is 0 Å². The van der Waals surface area contributed by atoms with Gasteiger partial charge in [-0.2, -0.15) is 0 Å². The van der Waals surface area contributed by atoms with Crippen molar-refractivity contribution >= 4 is 0 Å². The number of hydrogen-bond acceptors (Lipinski definition) is 4. The Morgan fingerprint density at radius 3 is 1.56 bits per heavy atom. The van der Waals surface area contributed by atoms with Crippen LogP contribution in [0, 0.1) is 13.8 Å². The van der Waals surface area contributed by atoms with E-state index in [1.54, 1.807) is 16.5 Å². The zero-order chi connectivity index (χ0) is 31.7. The summed E-state index contributed by atoms with van der Waals surface area (Å²) in [6.45, 7) is 4.22. The van der Waals surface area contributed by atoms with Gasteiger partial charge in [-0.05, 0) is 61.4 Å². The van der Waals surface area contributed by atoms with E-state index in [-0.39, 0.29) is 11.1 Å². The van der Waals surface area contributed by atoms with Gasteiger partial charge in [0.25, 0.3) is 11.1 Å². The van der Waals surface area contributed by atoms with E-state index in [4.69, 9.17) is 9.47 Å². The van der Waals surface area contributed by atoms with Crippen molar-refractivity contribution in [2.45, 2.75) is 26.4 Å². The van der Waals surface area contributed by atoms with Gasteiger partial charge >= 0.3 is 0 Å². The molecule has 0 amide bonds. The summed E-state index contributed by atoms with van der Waals surface area (Å²) < 4.78 is 19.0. The summed E-state index contributed by atoms with van der Waals surface area (Å²) in [4.78, 5) is 28.9. The van der Waals surface area contributed by atoms with Crippen LogP contribution in [0.5, 0.6) is 11.5 Å². The van der Waals surface area contributed by atoms with Crippen molar-refractivity contribution in [3.8, 4) is 22.9 Å². The van der Waals surface area contributed by atoms with E-state index in [0.717, 1.165) is 33.9 Å². The number of methoxy groups -OCH3 is 1. The zero-order valence-corrected chi connectivity index (χ0v) is 26.1. The van der Waals surface area contributed by atoms with Gasteiger partial charge in [0.05, 0.1) is 29.6 Å². The highest BCUT2D eigenvalue weighted by Crippen LogP contribution is 2.38. The molecule has 0 bridgehead atoms. The number of para-hydroxylation sites is 2. The molecule has 0 atom stereocenters. The summed E-state index contributed by atoms with van der Waals surface area (Å²) >= 11 is 0. The first-order valence-corrected chi connectivity index (χ1v) is 14.8. The Morgan fingerprint density at radius 1 is 0.622 bits per heavy atom. The Kier molecular flexibility index (Phi) is 8.04. The smallest absolute Gasteiger partial charge is 0.275 e. The molecule has 0 radical (unpaired) electrons. The molecule has 2 aromatic heterocycles. The molecule has 45 heavy (non-hydrogen) atoms. The first-order chi connectivity index (χ1) is 21.8. The molecule has 6 aromatic rings. The molecule has 0 aliphatic carbocycles. The van der Waals surface area contributed by atoms with Crippen molar-refractivity contribution in [2.75, 3.05) is 7.11 Å². The molecule has 4 aromatic carbocycles. The van der Waals surface area contributed by atoms with Gasteiger partial charge in [0.15, 0.2) is 11.5 Å². The largest absolute Gasteiger partial charge is 0.493 e. The third-order valence-electron chi connectivity index (χ3n) is 8.53. The van der Waals surface area contributed by atoms with Crippen LogP contribution in [0.1, 0.15) is 39.6 Å². The molecule has 228 valence electrons. The molecule has 0 aliphatic rings. The summed E-state index contributed by atoms with van der Waals surface area (Å²) in [5, 5.41) is 0. The molecule has 6 rings (SSSR count). The van der Waals surface area contributed by atoms with Crippen LogP contribution in [0.3, 0.4) is 0 Å². The first kappa shape index (κ1) is 29.6. The molecule has 0 saturated carbocycles. The van der Waals surface area contributed by atoms with Crippen molar-refractivity contribution in [3.05, 3.63) is 164 Å². The normalized spacial score (nSPS) is 11.2. The number of benzene rings is 4. The summed E-state index contributed by atoms with van der Waals surface area (Å²) in [7, 11) is 5.33. The highest BCUT2D eigenvalue weighted by atomic mass is 16.5. The molecule has 0 fully saturated rings. The maximum Gasteiger partial charge on any atom is 0.275 e. The fourth-order valence-electron chi connectivity index (χ4n) is 6.04. The number of hydrogen-bond donors (Lipinski definition) is 0. The van der Waals surface area contributed by atoms with Crippen LogP contribution in [0.4, 0.5) is 0 Å². The second-order valence-corrected chi connectivity index (χ2v) is 11.1. The average Bonchev–Trinajstić information content (AvgIpc) is 3.43. The van der Waals surface area contributed by atoms with E-state index < -0.39 is 5.92 Å². The maximum absolute atomic E-state index is 14.4. The van der Waals surface area contributed by atoms with Gasteiger partial charge in [-0.3, -0.25) is 19.0 Å². The molecule has 0 N–H and O–H groups in total. The Labute approximate surface area is 261 Å². The van der Waals surface area contributed by atoms with Crippen LogP contribution in [-0.2, 0) is 20.7 Å². The quantitative estimate of drug-likeness (QED) is 0.203. The van der Waals surface area contributed by atoms with Crippen molar-refractivity contribution in [3.63, 3.8) is 0 Å². The van der Waals surface area contributed by atoms with E-state index in [2.05, 4.69) is 0 Å². The lowest BCUT2D eigenvalue weighted by Gasteiger charge is -2.19. The predicted octanol–water partition coefficient (Wildman–Crippen LogP) is 6.05. The molecular weight excluding hydrogens is 564 g/mol. The van der Waals surface area contributed by atoms with Crippen molar-refractivity contribution in [2.24, 2.45) is 14.1 Å². The molecule has 0 spiro atoms. The Hall–Kier alpha value is -5.50. The second-order valence-electron chi connectivity index (χ2n) is 11.1. The van der Waals surface area contributed by atoms with E-state index in [1.807, 2.05) is 147 Å².